The largest absolute Gasteiger partial charge is 0.254 e. The van der Waals surface area contributed by atoms with Crippen LogP contribution in [0.5, 0.6) is 0 Å². The number of benzene rings is 4. The lowest BCUT2D eigenvalue weighted by Crippen LogP contribution is -1.88. The van der Waals surface area contributed by atoms with Crippen LogP contribution < -0.4 is 0 Å². The van der Waals surface area contributed by atoms with Crippen LogP contribution in [-0.2, 0) is 0 Å². The summed E-state index contributed by atoms with van der Waals surface area (Å²) >= 11 is 0. The van der Waals surface area contributed by atoms with Gasteiger partial charge in [-0.25, -0.2) is 4.98 Å². The van der Waals surface area contributed by atoms with Crippen molar-refractivity contribution >= 4 is 32.7 Å². The first kappa shape index (κ1) is 18.2. The fourth-order valence-corrected chi connectivity index (χ4v) is 4.21. The van der Waals surface area contributed by atoms with Gasteiger partial charge in [0.25, 0.3) is 0 Å². The summed E-state index contributed by atoms with van der Waals surface area (Å²) in [5, 5.41) is 12.3. The summed E-state index contributed by atoms with van der Waals surface area (Å²) in [5.41, 5.74) is 8.06. The third-order valence-corrected chi connectivity index (χ3v) is 5.92. The molecule has 2 heterocycles. The predicted molar refractivity (Wildman–Crippen MR) is 130 cm³/mol. The molecule has 0 unspecified atom stereocenters. The molecule has 0 N–H and O–H groups in total. The zero-order valence-electron chi connectivity index (χ0n) is 17.2. The lowest BCUT2D eigenvalue weighted by atomic mass is 9.98. The van der Waals surface area contributed by atoms with E-state index in [2.05, 4.69) is 77.8 Å². The topological polar surface area (TPSA) is 49.6 Å². The van der Waals surface area contributed by atoms with Crippen molar-refractivity contribution in [3.05, 3.63) is 109 Å². The Morgan fingerprint density at radius 3 is 1.97 bits per heavy atom. The molecule has 3 nitrogen and oxygen atoms in total. The van der Waals surface area contributed by atoms with Gasteiger partial charge in [0.2, 0.25) is 0 Å². The van der Waals surface area contributed by atoms with Gasteiger partial charge >= 0.3 is 0 Å². The Bertz CT molecular complexity index is 1660. The van der Waals surface area contributed by atoms with Crippen LogP contribution in [0.25, 0.3) is 55.0 Å². The first-order valence-corrected chi connectivity index (χ1v) is 10.5. The van der Waals surface area contributed by atoms with Crippen LogP contribution in [0.15, 0.2) is 103 Å². The van der Waals surface area contributed by atoms with Gasteiger partial charge in [-0.1, -0.05) is 60.7 Å². The van der Waals surface area contributed by atoms with Crippen molar-refractivity contribution in [3.63, 3.8) is 0 Å². The Labute approximate surface area is 185 Å². The van der Waals surface area contributed by atoms with Crippen LogP contribution in [0.4, 0.5) is 0 Å². The molecular formula is C29H17N3. The van der Waals surface area contributed by atoms with Crippen LogP contribution in [0.2, 0.25) is 0 Å². The molecule has 0 bridgehead atoms. The first-order valence-electron chi connectivity index (χ1n) is 10.5. The Morgan fingerprint density at radius 2 is 1.22 bits per heavy atom. The fourth-order valence-electron chi connectivity index (χ4n) is 4.21. The second-order valence-corrected chi connectivity index (χ2v) is 7.87. The maximum atomic E-state index is 8.98. The minimum absolute atomic E-state index is 0.673. The van der Waals surface area contributed by atoms with Crippen LogP contribution >= 0.6 is 0 Å². The summed E-state index contributed by atoms with van der Waals surface area (Å²) in [5.74, 6) is 0. The Morgan fingerprint density at radius 1 is 0.562 bits per heavy atom. The lowest BCUT2D eigenvalue weighted by Gasteiger charge is -2.08. The number of nitriles is 1. The molecule has 6 rings (SSSR count). The monoisotopic (exact) mass is 407 g/mol. The minimum atomic E-state index is 0.673. The molecule has 2 aromatic heterocycles. The van der Waals surface area contributed by atoms with Gasteiger partial charge in [0.1, 0.15) is 0 Å². The summed E-state index contributed by atoms with van der Waals surface area (Å²) in [6.07, 6.45) is 1.82. The number of pyridine rings is 2. The minimum Gasteiger partial charge on any atom is -0.254 e. The van der Waals surface area contributed by atoms with E-state index >= 15 is 0 Å². The van der Waals surface area contributed by atoms with E-state index in [1.165, 1.54) is 0 Å². The second-order valence-electron chi connectivity index (χ2n) is 7.87. The van der Waals surface area contributed by atoms with Crippen LogP contribution in [-0.4, -0.2) is 9.97 Å². The summed E-state index contributed by atoms with van der Waals surface area (Å²) in [7, 11) is 0. The summed E-state index contributed by atoms with van der Waals surface area (Å²) in [6, 6.07) is 35.2. The molecule has 0 saturated heterocycles. The van der Waals surface area contributed by atoms with Crippen LogP contribution in [0.3, 0.4) is 0 Å². The highest BCUT2D eigenvalue weighted by Gasteiger charge is 2.07. The van der Waals surface area contributed by atoms with Gasteiger partial charge in [-0.15, -0.1) is 0 Å². The van der Waals surface area contributed by atoms with Crippen molar-refractivity contribution in [2.75, 3.05) is 0 Å². The standard InChI is InChI=1S/C29H17N3/c30-18-19-3-5-20(6-4-19)21-7-9-22(10-8-21)24-13-14-27-26(16-24)17-25-12-11-23-2-1-15-31-28(23)29(25)32-27/h1-17H. The number of aromatic nitrogens is 2. The molecule has 32 heavy (non-hydrogen) atoms. The summed E-state index contributed by atoms with van der Waals surface area (Å²) < 4.78 is 0. The van der Waals surface area contributed by atoms with Gasteiger partial charge in [-0.05, 0) is 58.7 Å². The zero-order chi connectivity index (χ0) is 21.5. The molecule has 0 fully saturated rings. The molecule has 3 heteroatoms. The van der Waals surface area contributed by atoms with Gasteiger partial charge in [-0.3, -0.25) is 4.98 Å². The Hall–Kier alpha value is -4.55. The number of hydrogen-bond acceptors (Lipinski definition) is 3. The lowest BCUT2D eigenvalue weighted by molar-refractivity contribution is 1.40. The zero-order valence-corrected chi connectivity index (χ0v) is 17.2. The van der Waals surface area contributed by atoms with Crippen molar-refractivity contribution in [2.24, 2.45) is 0 Å². The highest BCUT2D eigenvalue weighted by molar-refractivity contribution is 6.06. The van der Waals surface area contributed by atoms with Gasteiger partial charge < -0.3 is 0 Å². The molecule has 0 amide bonds. The maximum absolute atomic E-state index is 8.98. The molecule has 0 aliphatic carbocycles. The normalized spacial score (nSPS) is 11.1. The molecule has 6 aromatic rings. The predicted octanol–water partition coefficient (Wildman–Crippen LogP) is 7.14. The van der Waals surface area contributed by atoms with Gasteiger partial charge in [0, 0.05) is 22.4 Å². The van der Waals surface area contributed by atoms with E-state index in [9.17, 15) is 0 Å². The van der Waals surface area contributed by atoms with Crippen molar-refractivity contribution < 1.29 is 0 Å². The van der Waals surface area contributed by atoms with Gasteiger partial charge in [0.05, 0.1) is 28.2 Å². The molecule has 0 saturated carbocycles. The SMILES string of the molecule is N#Cc1ccc(-c2ccc(-c3ccc4nc5c(ccc6cccnc65)cc4c3)cc2)cc1. The third-order valence-electron chi connectivity index (χ3n) is 5.92. The van der Waals surface area contributed by atoms with E-state index in [0.29, 0.717) is 5.56 Å². The number of nitrogens with zero attached hydrogens (tertiary/aromatic N) is 3. The summed E-state index contributed by atoms with van der Waals surface area (Å²) in [4.78, 5) is 9.47. The Kier molecular flexibility index (Phi) is 4.16. The molecule has 0 aliphatic heterocycles. The molecule has 0 radical (unpaired) electrons. The average molecular weight is 407 g/mol. The number of rotatable bonds is 2. The van der Waals surface area contributed by atoms with E-state index in [1.807, 2.05) is 36.5 Å². The third kappa shape index (κ3) is 3.07. The van der Waals surface area contributed by atoms with E-state index in [1.54, 1.807) is 0 Å². The van der Waals surface area contributed by atoms with E-state index in [0.717, 1.165) is 55.0 Å². The van der Waals surface area contributed by atoms with Crippen LogP contribution in [0, 0.1) is 11.3 Å². The van der Waals surface area contributed by atoms with Crippen molar-refractivity contribution in [2.45, 2.75) is 0 Å². The molecule has 0 atom stereocenters. The van der Waals surface area contributed by atoms with Crippen LogP contribution in [0.1, 0.15) is 5.56 Å². The molecular weight excluding hydrogens is 390 g/mol. The van der Waals surface area contributed by atoms with Crippen molar-refractivity contribution in [1.29, 1.82) is 5.26 Å². The first-order chi connectivity index (χ1) is 15.8. The molecule has 0 aliphatic rings. The highest BCUT2D eigenvalue weighted by atomic mass is 14.7. The second kappa shape index (κ2) is 7.30. The van der Waals surface area contributed by atoms with Gasteiger partial charge in [0.15, 0.2) is 0 Å². The average Bonchev–Trinajstić information content (AvgIpc) is 2.87. The smallest absolute Gasteiger partial charge is 0.0991 e. The van der Waals surface area contributed by atoms with Crippen molar-refractivity contribution in [1.82, 2.24) is 9.97 Å². The fraction of sp³-hybridized carbons (Fsp3) is 0. The molecule has 0 spiro atoms. The number of fused-ring (bicyclic) bond motifs is 4. The molecule has 4 aromatic carbocycles. The van der Waals surface area contributed by atoms with E-state index < -0.39 is 0 Å². The number of hydrogen-bond donors (Lipinski definition) is 0. The van der Waals surface area contributed by atoms with Gasteiger partial charge in [-0.2, -0.15) is 5.26 Å². The Balaban J connectivity index is 1.40. The quantitative estimate of drug-likeness (QED) is 0.226. The highest BCUT2D eigenvalue weighted by Crippen LogP contribution is 2.30. The van der Waals surface area contributed by atoms with Crippen molar-refractivity contribution in [3.8, 4) is 28.3 Å². The maximum Gasteiger partial charge on any atom is 0.0991 e. The van der Waals surface area contributed by atoms with E-state index in [-0.39, 0.29) is 0 Å². The van der Waals surface area contributed by atoms with E-state index in [4.69, 9.17) is 10.2 Å². The summed E-state index contributed by atoms with van der Waals surface area (Å²) in [6.45, 7) is 0. The molecule has 148 valence electrons.